The molecule has 29 heavy (non-hydrogen) atoms. The number of aromatic amines is 1. The second-order valence-electron chi connectivity index (χ2n) is 7.16. The van der Waals surface area contributed by atoms with E-state index in [9.17, 15) is 4.79 Å². The fourth-order valence-electron chi connectivity index (χ4n) is 3.66. The smallest absolute Gasteiger partial charge is 0.244 e. The number of carbonyl (C=O) groups is 1. The van der Waals surface area contributed by atoms with Gasteiger partial charge in [-0.05, 0) is 47.7 Å². The summed E-state index contributed by atoms with van der Waals surface area (Å²) in [6.07, 6.45) is 1.52. The minimum absolute atomic E-state index is 0.0919. The molecule has 3 heterocycles. The Morgan fingerprint density at radius 1 is 1.17 bits per heavy atom. The van der Waals surface area contributed by atoms with E-state index in [0.29, 0.717) is 36.8 Å². The van der Waals surface area contributed by atoms with Crippen LogP contribution in [-0.2, 0) is 4.79 Å². The third-order valence-electron chi connectivity index (χ3n) is 5.11. The first kappa shape index (κ1) is 20.1. The highest BCUT2D eigenvalue weighted by molar-refractivity contribution is 9.10. The van der Waals surface area contributed by atoms with E-state index in [1.165, 1.54) is 6.33 Å². The highest BCUT2D eigenvalue weighted by atomic mass is 79.9. The van der Waals surface area contributed by atoms with Crippen LogP contribution in [0.25, 0.3) is 11.0 Å². The number of anilines is 1. The van der Waals surface area contributed by atoms with E-state index in [1.54, 1.807) is 0 Å². The predicted molar refractivity (Wildman–Crippen MR) is 116 cm³/mol. The number of halogens is 2. The summed E-state index contributed by atoms with van der Waals surface area (Å²) >= 11 is 9.49. The number of H-pyrrole nitrogens is 1. The van der Waals surface area contributed by atoms with E-state index >= 15 is 0 Å². The molecule has 152 valence electrons. The number of nitrogens with one attached hydrogen (secondary N) is 1. The molecule has 1 aliphatic rings. The highest BCUT2D eigenvalue weighted by Crippen LogP contribution is 2.29. The van der Waals surface area contributed by atoms with Gasteiger partial charge in [0.1, 0.15) is 22.8 Å². The minimum Gasteiger partial charge on any atom is -0.352 e. The zero-order chi connectivity index (χ0) is 20.5. The maximum absolute atomic E-state index is 13.3. The maximum Gasteiger partial charge on any atom is 0.244 e. The number of amides is 1. The zero-order valence-electron chi connectivity index (χ0n) is 16.1. The monoisotopic (exact) mass is 477 g/mol. The van der Waals surface area contributed by atoms with Crippen LogP contribution < -0.4 is 4.90 Å². The molecule has 1 aliphatic heterocycles. The van der Waals surface area contributed by atoms with Crippen LogP contribution in [0.3, 0.4) is 0 Å². The highest BCUT2D eigenvalue weighted by Gasteiger charge is 2.31. The lowest BCUT2D eigenvalue weighted by atomic mass is 10.0. The standard InChI is InChI=1S/C19H21BrClN7O/c1-26(2)15(12-3-5-13(21)6-4-12)19(29)28-9-7-27(8-10-28)18-14-16(20)24-25-17(14)22-11-23-18/h3-6,11,15H,7-10H2,1-2H3,(H,22,23,24,25). The molecule has 1 N–H and O–H groups in total. The van der Waals surface area contributed by atoms with E-state index in [0.717, 1.165) is 21.4 Å². The fourth-order valence-corrected chi connectivity index (χ4v) is 4.23. The van der Waals surface area contributed by atoms with Gasteiger partial charge in [-0.3, -0.25) is 14.8 Å². The summed E-state index contributed by atoms with van der Waals surface area (Å²) in [5.74, 6) is 0.916. The van der Waals surface area contributed by atoms with Crippen LogP contribution in [0.2, 0.25) is 5.02 Å². The average molecular weight is 479 g/mol. The van der Waals surface area contributed by atoms with Crippen LogP contribution in [0.4, 0.5) is 5.82 Å². The van der Waals surface area contributed by atoms with Gasteiger partial charge in [-0.2, -0.15) is 5.10 Å². The van der Waals surface area contributed by atoms with Crippen molar-refractivity contribution in [3.05, 3.63) is 45.8 Å². The van der Waals surface area contributed by atoms with E-state index < -0.39 is 0 Å². The van der Waals surface area contributed by atoms with E-state index in [4.69, 9.17) is 11.6 Å². The number of hydrogen-bond donors (Lipinski definition) is 1. The SMILES string of the molecule is CN(C)C(C(=O)N1CCN(c2ncnc3n[nH]c(Br)c23)CC1)c1ccc(Cl)cc1. The summed E-state index contributed by atoms with van der Waals surface area (Å²) in [6.45, 7) is 2.63. The van der Waals surface area contributed by atoms with Gasteiger partial charge in [-0.25, -0.2) is 9.97 Å². The van der Waals surface area contributed by atoms with E-state index in [1.807, 2.05) is 48.2 Å². The molecular formula is C19H21BrClN7O. The van der Waals surface area contributed by atoms with Crippen molar-refractivity contribution in [3.63, 3.8) is 0 Å². The number of nitrogens with zero attached hydrogens (tertiary/aromatic N) is 6. The molecule has 0 saturated carbocycles. The number of likely N-dealkylation sites (N-methyl/N-ethyl adjacent to an activating group) is 1. The van der Waals surface area contributed by atoms with Crippen LogP contribution in [0, 0.1) is 0 Å². The molecule has 3 aromatic rings. The Labute approximate surface area is 182 Å². The van der Waals surface area contributed by atoms with Crippen molar-refractivity contribution in [2.75, 3.05) is 45.2 Å². The third kappa shape index (κ3) is 3.94. The summed E-state index contributed by atoms with van der Waals surface area (Å²) in [5.41, 5.74) is 1.56. The average Bonchev–Trinajstić information content (AvgIpc) is 3.11. The molecule has 1 unspecified atom stereocenters. The largest absolute Gasteiger partial charge is 0.352 e. The molecule has 1 aromatic carbocycles. The molecule has 1 amide bonds. The van der Waals surface area contributed by atoms with Crippen molar-refractivity contribution in [2.45, 2.75) is 6.04 Å². The number of rotatable bonds is 4. The second kappa shape index (κ2) is 8.25. The van der Waals surface area contributed by atoms with Crippen molar-refractivity contribution in [3.8, 4) is 0 Å². The first-order chi connectivity index (χ1) is 14.0. The molecule has 1 saturated heterocycles. The van der Waals surface area contributed by atoms with Gasteiger partial charge in [-0.1, -0.05) is 23.7 Å². The van der Waals surface area contributed by atoms with Crippen LogP contribution in [-0.4, -0.2) is 76.1 Å². The summed E-state index contributed by atoms with van der Waals surface area (Å²) in [5, 5.41) is 8.58. The number of hydrogen-bond acceptors (Lipinski definition) is 6. The lowest BCUT2D eigenvalue weighted by Gasteiger charge is -2.38. The topological polar surface area (TPSA) is 81.2 Å². The third-order valence-corrected chi connectivity index (χ3v) is 5.94. The van der Waals surface area contributed by atoms with Gasteiger partial charge in [0, 0.05) is 31.2 Å². The summed E-state index contributed by atoms with van der Waals surface area (Å²) in [7, 11) is 3.84. The van der Waals surface area contributed by atoms with Crippen LogP contribution in [0.1, 0.15) is 11.6 Å². The predicted octanol–water partition coefficient (Wildman–Crippen LogP) is 2.72. The maximum atomic E-state index is 13.3. The van der Waals surface area contributed by atoms with Gasteiger partial charge >= 0.3 is 0 Å². The molecule has 8 nitrogen and oxygen atoms in total. The first-order valence-corrected chi connectivity index (χ1v) is 10.4. The van der Waals surface area contributed by atoms with Crippen LogP contribution >= 0.6 is 27.5 Å². The van der Waals surface area contributed by atoms with Gasteiger partial charge < -0.3 is 9.80 Å². The van der Waals surface area contributed by atoms with Gasteiger partial charge in [0.15, 0.2) is 5.65 Å². The summed E-state index contributed by atoms with van der Waals surface area (Å²) < 4.78 is 0.761. The minimum atomic E-state index is -0.340. The number of aromatic nitrogens is 4. The second-order valence-corrected chi connectivity index (χ2v) is 8.39. The lowest BCUT2D eigenvalue weighted by molar-refractivity contribution is -0.136. The summed E-state index contributed by atoms with van der Waals surface area (Å²) in [6, 6.07) is 7.13. The van der Waals surface area contributed by atoms with Crippen molar-refractivity contribution < 1.29 is 4.79 Å². The Kier molecular flexibility index (Phi) is 5.71. The number of piperazine rings is 1. The Bertz CT molecular complexity index is 1020. The Morgan fingerprint density at radius 2 is 1.86 bits per heavy atom. The molecule has 0 bridgehead atoms. The lowest BCUT2D eigenvalue weighted by Crippen LogP contribution is -2.51. The molecular weight excluding hydrogens is 458 g/mol. The number of fused-ring (bicyclic) bond motifs is 1. The fraction of sp³-hybridized carbons (Fsp3) is 0.368. The Morgan fingerprint density at radius 3 is 2.52 bits per heavy atom. The van der Waals surface area contributed by atoms with Crippen molar-refractivity contribution in [1.29, 1.82) is 0 Å². The number of carbonyl (C=O) groups excluding carboxylic acids is 1. The molecule has 4 rings (SSSR count). The molecule has 0 spiro atoms. The van der Waals surface area contributed by atoms with Crippen LogP contribution in [0.5, 0.6) is 0 Å². The van der Waals surface area contributed by atoms with Crippen molar-refractivity contribution >= 4 is 50.3 Å². The number of benzene rings is 1. The van der Waals surface area contributed by atoms with Gasteiger partial charge in [0.05, 0.1) is 5.39 Å². The molecule has 0 aliphatic carbocycles. The molecule has 10 heteroatoms. The Balaban J connectivity index is 1.50. The molecule has 1 atom stereocenters. The van der Waals surface area contributed by atoms with Crippen molar-refractivity contribution in [2.24, 2.45) is 0 Å². The quantitative estimate of drug-likeness (QED) is 0.621. The molecule has 1 fully saturated rings. The zero-order valence-corrected chi connectivity index (χ0v) is 18.5. The molecule has 2 aromatic heterocycles. The van der Waals surface area contributed by atoms with Crippen molar-refractivity contribution in [1.82, 2.24) is 30.0 Å². The van der Waals surface area contributed by atoms with Gasteiger partial charge in [0.2, 0.25) is 5.91 Å². The first-order valence-electron chi connectivity index (χ1n) is 9.26. The van der Waals surface area contributed by atoms with Crippen LogP contribution in [0.15, 0.2) is 35.2 Å². The Hall–Kier alpha value is -2.23. The normalized spacial score (nSPS) is 15.9. The van der Waals surface area contributed by atoms with E-state index in [2.05, 4.69) is 41.0 Å². The molecule has 0 radical (unpaired) electrons. The van der Waals surface area contributed by atoms with E-state index in [-0.39, 0.29) is 11.9 Å². The summed E-state index contributed by atoms with van der Waals surface area (Å²) in [4.78, 5) is 27.9. The van der Waals surface area contributed by atoms with Gasteiger partial charge in [0.25, 0.3) is 0 Å². The van der Waals surface area contributed by atoms with Gasteiger partial charge in [-0.15, -0.1) is 0 Å².